The van der Waals surface area contributed by atoms with Crippen molar-refractivity contribution in [3.8, 4) is 0 Å². The molecule has 2 N–H and O–H groups in total. The van der Waals surface area contributed by atoms with E-state index in [2.05, 4.69) is 0 Å². The van der Waals surface area contributed by atoms with Crippen molar-refractivity contribution in [2.45, 2.75) is 26.8 Å². The fourth-order valence-electron chi connectivity index (χ4n) is 1.34. The molecular formula is C11H16FN. The minimum Gasteiger partial charge on any atom is -0.324 e. The van der Waals surface area contributed by atoms with Gasteiger partial charge in [0.25, 0.3) is 0 Å². The number of hydrogen-bond donors (Lipinski definition) is 1. The van der Waals surface area contributed by atoms with Crippen LogP contribution in [0.1, 0.15) is 31.0 Å². The third-order valence-electron chi connectivity index (χ3n) is 2.17. The van der Waals surface area contributed by atoms with Crippen LogP contribution in [-0.4, -0.2) is 0 Å². The van der Waals surface area contributed by atoms with E-state index in [9.17, 15) is 4.39 Å². The van der Waals surface area contributed by atoms with Gasteiger partial charge in [-0.15, -0.1) is 0 Å². The predicted molar refractivity (Wildman–Crippen MR) is 52.9 cm³/mol. The predicted octanol–water partition coefficient (Wildman–Crippen LogP) is 2.79. The van der Waals surface area contributed by atoms with Crippen LogP contribution in [-0.2, 0) is 0 Å². The first-order valence-electron chi connectivity index (χ1n) is 4.53. The van der Waals surface area contributed by atoms with Gasteiger partial charge in [0.1, 0.15) is 5.82 Å². The average molecular weight is 181 g/mol. The molecule has 13 heavy (non-hydrogen) atoms. The third kappa shape index (κ3) is 2.52. The van der Waals surface area contributed by atoms with E-state index in [1.165, 1.54) is 12.1 Å². The highest BCUT2D eigenvalue weighted by Crippen LogP contribution is 2.20. The molecule has 0 saturated heterocycles. The molecule has 0 fully saturated rings. The lowest BCUT2D eigenvalue weighted by Gasteiger charge is -2.16. The monoisotopic (exact) mass is 181 g/mol. The standard InChI is InChI=1S/C11H16FN/c1-7(2)11(13)9-4-8(3)5-10(12)6-9/h4-7,11H,13H2,1-3H3. The quantitative estimate of drug-likeness (QED) is 0.746. The normalized spacial score (nSPS) is 13.4. The van der Waals surface area contributed by atoms with Gasteiger partial charge in [-0.2, -0.15) is 0 Å². The van der Waals surface area contributed by atoms with E-state index < -0.39 is 0 Å². The molecule has 0 heterocycles. The lowest BCUT2D eigenvalue weighted by atomic mass is 9.96. The molecule has 1 rings (SSSR count). The van der Waals surface area contributed by atoms with Gasteiger partial charge in [-0.3, -0.25) is 0 Å². The molecule has 0 aliphatic carbocycles. The van der Waals surface area contributed by atoms with Gasteiger partial charge in [0, 0.05) is 6.04 Å². The van der Waals surface area contributed by atoms with E-state index >= 15 is 0 Å². The molecule has 0 spiro atoms. The average Bonchev–Trinajstić information content (AvgIpc) is 2.01. The first-order valence-corrected chi connectivity index (χ1v) is 4.53. The van der Waals surface area contributed by atoms with E-state index in [0.717, 1.165) is 11.1 Å². The number of halogens is 1. The second-order valence-corrected chi connectivity index (χ2v) is 3.83. The number of rotatable bonds is 2. The first kappa shape index (κ1) is 10.2. The highest BCUT2D eigenvalue weighted by molar-refractivity contribution is 5.26. The molecule has 0 aliphatic heterocycles. The number of benzene rings is 1. The Hall–Kier alpha value is -0.890. The first-order chi connectivity index (χ1) is 6.00. The van der Waals surface area contributed by atoms with Gasteiger partial charge >= 0.3 is 0 Å². The topological polar surface area (TPSA) is 26.0 Å². The van der Waals surface area contributed by atoms with Crippen LogP contribution in [0.4, 0.5) is 4.39 Å². The fraction of sp³-hybridized carbons (Fsp3) is 0.455. The summed E-state index contributed by atoms with van der Waals surface area (Å²) in [5.41, 5.74) is 7.71. The van der Waals surface area contributed by atoms with Crippen molar-refractivity contribution < 1.29 is 4.39 Å². The zero-order valence-electron chi connectivity index (χ0n) is 8.34. The Labute approximate surface area is 78.8 Å². The molecule has 1 atom stereocenters. The Bertz CT molecular complexity index is 274. The van der Waals surface area contributed by atoms with E-state index in [1.807, 2.05) is 26.8 Å². The van der Waals surface area contributed by atoms with Crippen molar-refractivity contribution in [3.05, 3.63) is 35.1 Å². The summed E-state index contributed by atoms with van der Waals surface area (Å²) in [6.07, 6.45) is 0. The Balaban J connectivity index is 3.01. The smallest absolute Gasteiger partial charge is 0.123 e. The molecule has 0 radical (unpaired) electrons. The zero-order valence-corrected chi connectivity index (χ0v) is 8.34. The number of nitrogens with two attached hydrogens (primary N) is 1. The van der Waals surface area contributed by atoms with Gasteiger partial charge in [0.2, 0.25) is 0 Å². The van der Waals surface area contributed by atoms with E-state index in [0.29, 0.717) is 5.92 Å². The van der Waals surface area contributed by atoms with Crippen LogP contribution in [0.25, 0.3) is 0 Å². The van der Waals surface area contributed by atoms with Crippen molar-refractivity contribution >= 4 is 0 Å². The maximum Gasteiger partial charge on any atom is 0.123 e. The largest absolute Gasteiger partial charge is 0.324 e. The Morgan fingerprint density at radius 2 is 1.85 bits per heavy atom. The SMILES string of the molecule is Cc1cc(F)cc(C(N)C(C)C)c1. The van der Waals surface area contributed by atoms with Crippen LogP contribution >= 0.6 is 0 Å². The van der Waals surface area contributed by atoms with Gasteiger partial charge < -0.3 is 5.73 Å². The van der Waals surface area contributed by atoms with Crippen molar-refractivity contribution in [3.63, 3.8) is 0 Å². The van der Waals surface area contributed by atoms with Crippen LogP contribution in [0.2, 0.25) is 0 Å². The van der Waals surface area contributed by atoms with E-state index in [1.54, 1.807) is 0 Å². The molecule has 0 saturated carbocycles. The molecular weight excluding hydrogens is 165 g/mol. The summed E-state index contributed by atoms with van der Waals surface area (Å²) in [4.78, 5) is 0. The Morgan fingerprint density at radius 1 is 1.23 bits per heavy atom. The molecule has 0 amide bonds. The summed E-state index contributed by atoms with van der Waals surface area (Å²) in [7, 11) is 0. The lowest BCUT2D eigenvalue weighted by molar-refractivity contribution is 0.509. The maximum absolute atomic E-state index is 13.0. The highest BCUT2D eigenvalue weighted by Gasteiger charge is 2.11. The van der Waals surface area contributed by atoms with Gasteiger partial charge in [-0.1, -0.05) is 19.9 Å². The summed E-state index contributed by atoms with van der Waals surface area (Å²) in [5.74, 6) is 0.132. The molecule has 1 unspecified atom stereocenters. The molecule has 2 heteroatoms. The molecule has 1 nitrogen and oxygen atoms in total. The number of aryl methyl sites for hydroxylation is 1. The number of hydrogen-bond acceptors (Lipinski definition) is 1. The zero-order chi connectivity index (χ0) is 10.0. The second kappa shape index (κ2) is 3.88. The summed E-state index contributed by atoms with van der Waals surface area (Å²) >= 11 is 0. The minimum atomic E-state index is -0.203. The summed E-state index contributed by atoms with van der Waals surface area (Å²) in [6, 6.07) is 4.89. The molecule has 0 bridgehead atoms. The van der Waals surface area contributed by atoms with Crippen molar-refractivity contribution in [2.75, 3.05) is 0 Å². The van der Waals surface area contributed by atoms with Gasteiger partial charge in [-0.05, 0) is 36.1 Å². The molecule has 0 aliphatic rings. The van der Waals surface area contributed by atoms with Gasteiger partial charge in [0.05, 0.1) is 0 Å². The third-order valence-corrected chi connectivity index (χ3v) is 2.17. The van der Waals surface area contributed by atoms with E-state index in [4.69, 9.17) is 5.73 Å². The fourth-order valence-corrected chi connectivity index (χ4v) is 1.34. The minimum absolute atomic E-state index is 0.0746. The van der Waals surface area contributed by atoms with Gasteiger partial charge in [0.15, 0.2) is 0 Å². The van der Waals surface area contributed by atoms with Crippen LogP contribution in [0.15, 0.2) is 18.2 Å². The van der Waals surface area contributed by atoms with E-state index in [-0.39, 0.29) is 11.9 Å². The van der Waals surface area contributed by atoms with Crippen molar-refractivity contribution in [2.24, 2.45) is 11.7 Å². The van der Waals surface area contributed by atoms with Gasteiger partial charge in [-0.25, -0.2) is 4.39 Å². The van der Waals surface area contributed by atoms with Crippen LogP contribution < -0.4 is 5.73 Å². The summed E-state index contributed by atoms with van der Waals surface area (Å²) in [5, 5.41) is 0. The summed E-state index contributed by atoms with van der Waals surface area (Å²) < 4.78 is 13.0. The second-order valence-electron chi connectivity index (χ2n) is 3.83. The Kier molecular flexibility index (Phi) is 3.04. The summed E-state index contributed by atoms with van der Waals surface area (Å²) in [6.45, 7) is 5.94. The van der Waals surface area contributed by atoms with Crippen LogP contribution in [0.5, 0.6) is 0 Å². The molecule has 1 aromatic carbocycles. The molecule has 0 aromatic heterocycles. The van der Waals surface area contributed by atoms with Crippen LogP contribution in [0, 0.1) is 18.7 Å². The highest BCUT2D eigenvalue weighted by atomic mass is 19.1. The lowest BCUT2D eigenvalue weighted by Crippen LogP contribution is -2.16. The van der Waals surface area contributed by atoms with Crippen LogP contribution in [0.3, 0.4) is 0 Å². The molecule has 1 aromatic rings. The molecule has 72 valence electrons. The van der Waals surface area contributed by atoms with Crippen molar-refractivity contribution in [1.29, 1.82) is 0 Å². The van der Waals surface area contributed by atoms with Crippen molar-refractivity contribution in [1.82, 2.24) is 0 Å². The maximum atomic E-state index is 13.0. The Morgan fingerprint density at radius 3 is 2.31 bits per heavy atom.